The zero-order valence-corrected chi connectivity index (χ0v) is 12.4. The quantitative estimate of drug-likeness (QED) is 0.784. The summed E-state index contributed by atoms with van der Waals surface area (Å²) >= 11 is 0. The minimum atomic E-state index is -0.362. The van der Waals surface area contributed by atoms with Crippen LogP contribution in [-0.4, -0.2) is 23.7 Å². The van der Waals surface area contributed by atoms with Gasteiger partial charge in [-0.3, -0.25) is 4.98 Å². The first-order valence-electron chi connectivity index (χ1n) is 7.05. The lowest BCUT2D eigenvalue weighted by molar-refractivity contribution is -0.0564. The van der Waals surface area contributed by atoms with Crippen LogP contribution in [0.2, 0.25) is 0 Å². The highest BCUT2D eigenvalue weighted by Crippen LogP contribution is 2.32. The minimum absolute atomic E-state index is 0.0550. The Hall–Kier alpha value is -1.00. The molecule has 0 bridgehead atoms. The van der Waals surface area contributed by atoms with Crippen molar-refractivity contribution in [1.82, 2.24) is 10.3 Å². The Morgan fingerprint density at radius 3 is 2.63 bits per heavy atom. The number of aromatic nitrogens is 1. The van der Waals surface area contributed by atoms with Crippen LogP contribution >= 0.6 is 0 Å². The Morgan fingerprint density at radius 1 is 1.37 bits per heavy atom. The highest BCUT2D eigenvalue weighted by molar-refractivity contribution is 5.19. The first-order valence-corrected chi connectivity index (χ1v) is 7.05. The maximum absolute atomic E-state index is 13.4. The van der Waals surface area contributed by atoms with Crippen LogP contribution in [0.5, 0.6) is 0 Å². The lowest BCUT2D eigenvalue weighted by Crippen LogP contribution is -2.44. The summed E-state index contributed by atoms with van der Waals surface area (Å²) < 4.78 is 19.3. The fourth-order valence-corrected chi connectivity index (χ4v) is 2.28. The average molecular weight is 268 g/mol. The van der Waals surface area contributed by atoms with Gasteiger partial charge in [-0.25, -0.2) is 4.39 Å². The summed E-state index contributed by atoms with van der Waals surface area (Å²) in [6, 6.07) is 1.48. The van der Waals surface area contributed by atoms with Crippen molar-refractivity contribution in [2.24, 2.45) is 0 Å². The zero-order valence-electron chi connectivity index (χ0n) is 12.4. The Kier molecular flexibility index (Phi) is 6.38. The fourth-order valence-electron chi connectivity index (χ4n) is 2.28. The summed E-state index contributed by atoms with van der Waals surface area (Å²) in [6.07, 6.45) is 4.80. The third-order valence-corrected chi connectivity index (χ3v) is 3.44. The molecular formula is C15H25FN2O. The molecule has 0 spiro atoms. The van der Waals surface area contributed by atoms with Gasteiger partial charge in [0.15, 0.2) is 0 Å². The molecule has 1 heterocycles. The molecule has 19 heavy (non-hydrogen) atoms. The summed E-state index contributed by atoms with van der Waals surface area (Å²) in [5, 5.41) is 3.46. The first kappa shape index (κ1) is 16.1. The molecule has 2 atom stereocenters. The number of nitrogens with one attached hydrogen (secondary N) is 1. The molecule has 1 N–H and O–H groups in total. The van der Waals surface area contributed by atoms with E-state index in [9.17, 15) is 4.39 Å². The molecule has 0 saturated carbocycles. The van der Waals surface area contributed by atoms with E-state index in [1.807, 2.05) is 6.92 Å². The third-order valence-electron chi connectivity index (χ3n) is 3.44. The van der Waals surface area contributed by atoms with Crippen LogP contribution in [0, 0.1) is 5.82 Å². The second kappa shape index (κ2) is 7.56. The van der Waals surface area contributed by atoms with Crippen LogP contribution in [0.1, 0.15) is 52.1 Å². The molecule has 2 unspecified atom stereocenters. The number of hydrogen-bond acceptors (Lipinski definition) is 3. The SMILES string of the molecule is CCCNC(c1cncc(F)c1)C(C)(CC)OCC. The van der Waals surface area contributed by atoms with Crippen molar-refractivity contribution in [3.05, 3.63) is 29.8 Å². The van der Waals surface area contributed by atoms with Crippen molar-refractivity contribution in [1.29, 1.82) is 0 Å². The van der Waals surface area contributed by atoms with Crippen LogP contribution in [0.15, 0.2) is 18.5 Å². The van der Waals surface area contributed by atoms with E-state index >= 15 is 0 Å². The van der Waals surface area contributed by atoms with Gasteiger partial charge in [0.2, 0.25) is 0 Å². The molecule has 0 radical (unpaired) electrons. The van der Waals surface area contributed by atoms with Crippen LogP contribution < -0.4 is 5.32 Å². The summed E-state index contributed by atoms with van der Waals surface area (Å²) in [6.45, 7) is 9.74. The van der Waals surface area contributed by atoms with E-state index in [4.69, 9.17) is 4.74 Å². The lowest BCUT2D eigenvalue weighted by atomic mass is 9.88. The van der Waals surface area contributed by atoms with Crippen LogP contribution in [0.25, 0.3) is 0 Å². The standard InChI is InChI=1S/C15H25FN2O/c1-5-8-18-14(15(4,6-2)19-7-3)12-9-13(16)11-17-10-12/h9-11,14,18H,5-8H2,1-4H3. The molecule has 1 rings (SSSR count). The summed E-state index contributed by atoms with van der Waals surface area (Å²) in [5.41, 5.74) is 0.477. The summed E-state index contributed by atoms with van der Waals surface area (Å²) in [4.78, 5) is 3.95. The Morgan fingerprint density at radius 2 is 2.11 bits per heavy atom. The molecule has 1 aromatic heterocycles. The van der Waals surface area contributed by atoms with E-state index in [0.29, 0.717) is 6.61 Å². The first-order chi connectivity index (χ1) is 9.07. The van der Waals surface area contributed by atoms with Crippen molar-refractivity contribution >= 4 is 0 Å². The van der Waals surface area contributed by atoms with E-state index in [1.165, 1.54) is 12.3 Å². The molecule has 0 aliphatic carbocycles. The molecule has 0 amide bonds. The predicted molar refractivity (Wildman–Crippen MR) is 75.6 cm³/mol. The van der Waals surface area contributed by atoms with E-state index in [0.717, 1.165) is 24.9 Å². The van der Waals surface area contributed by atoms with Gasteiger partial charge >= 0.3 is 0 Å². The number of pyridine rings is 1. The third kappa shape index (κ3) is 4.25. The van der Waals surface area contributed by atoms with Crippen LogP contribution in [0.4, 0.5) is 4.39 Å². The summed E-state index contributed by atoms with van der Waals surface area (Å²) in [7, 11) is 0. The fraction of sp³-hybridized carbons (Fsp3) is 0.667. The highest BCUT2D eigenvalue weighted by Gasteiger charge is 2.34. The Labute approximate surface area is 115 Å². The number of rotatable bonds is 8. The summed E-state index contributed by atoms with van der Waals surface area (Å²) in [5.74, 6) is -0.309. The molecule has 1 aromatic rings. The molecule has 0 aliphatic rings. The highest BCUT2D eigenvalue weighted by atomic mass is 19.1. The van der Waals surface area contributed by atoms with Crippen molar-refractivity contribution in [2.75, 3.05) is 13.2 Å². The van der Waals surface area contributed by atoms with Gasteiger partial charge in [-0.2, -0.15) is 0 Å². The second-order valence-corrected chi connectivity index (χ2v) is 4.92. The van der Waals surface area contributed by atoms with Gasteiger partial charge in [-0.05, 0) is 44.9 Å². The molecule has 108 valence electrons. The smallest absolute Gasteiger partial charge is 0.141 e. The molecule has 0 fully saturated rings. The van der Waals surface area contributed by atoms with Gasteiger partial charge in [0.25, 0.3) is 0 Å². The maximum atomic E-state index is 13.4. The number of hydrogen-bond donors (Lipinski definition) is 1. The molecular weight excluding hydrogens is 243 g/mol. The van der Waals surface area contributed by atoms with Crippen molar-refractivity contribution in [3.8, 4) is 0 Å². The molecule has 4 heteroatoms. The normalized spacial score (nSPS) is 16.1. The van der Waals surface area contributed by atoms with Crippen molar-refractivity contribution < 1.29 is 9.13 Å². The van der Waals surface area contributed by atoms with E-state index in [1.54, 1.807) is 6.20 Å². The lowest BCUT2D eigenvalue weighted by Gasteiger charge is -2.37. The van der Waals surface area contributed by atoms with Crippen LogP contribution in [0.3, 0.4) is 0 Å². The number of nitrogens with zero attached hydrogens (tertiary/aromatic N) is 1. The van der Waals surface area contributed by atoms with Gasteiger partial charge in [0.1, 0.15) is 5.82 Å². The largest absolute Gasteiger partial charge is 0.374 e. The molecule has 0 aromatic carbocycles. The van der Waals surface area contributed by atoms with Gasteiger partial charge in [0.05, 0.1) is 17.8 Å². The monoisotopic (exact) mass is 268 g/mol. The second-order valence-electron chi connectivity index (χ2n) is 4.92. The molecule has 0 saturated heterocycles. The van der Waals surface area contributed by atoms with E-state index in [-0.39, 0.29) is 17.5 Å². The van der Waals surface area contributed by atoms with Crippen molar-refractivity contribution in [2.45, 2.75) is 52.2 Å². The maximum Gasteiger partial charge on any atom is 0.141 e. The van der Waals surface area contributed by atoms with Crippen LogP contribution in [-0.2, 0) is 4.74 Å². The van der Waals surface area contributed by atoms with E-state index < -0.39 is 0 Å². The molecule has 0 aliphatic heterocycles. The zero-order chi connectivity index (χ0) is 14.3. The van der Waals surface area contributed by atoms with Crippen molar-refractivity contribution in [3.63, 3.8) is 0 Å². The topological polar surface area (TPSA) is 34.2 Å². The van der Waals surface area contributed by atoms with Gasteiger partial charge in [0, 0.05) is 12.8 Å². The van der Waals surface area contributed by atoms with Gasteiger partial charge in [-0.1, -0.05) is 13.8 Å². The Balaban J connectivity index is 3.05. The number of halogens is 1. The molecule has 3 nitrogen and oxygen atoms in total. The number of ether oxygens (including phenoxy) is 1. The Bertz CT molecular complexity index is 386. The minimum Gasteiger partial charge on any atom is -0.374 e. The van der Waals surface area contributed by atoms with E-state index in [2.05, 4.69) is 31.1 Å². The van der Waals surface area contributed by atoms with Gasteiger partial charge in [-0.15, -0.1) is 0 Å². The predicted octanol–water partition coefficient (Wildman–Crippen LogP) is 3.47. The van der Waals surface area contributed by atoms with Gasteiger partial charge < -0.3 is 10.1 Å². The average Bonchev–Trinajstić information content (AvgIpc) is 2.39.